The van der Waals surface area contributed by atoms with Crippen LogP contribution in [0.1, 0.15) is 46.6 Å². The number of esters is 1. The Kier molecular flexibility index (Phi) is 6.89. The Hall–Kier alpha value is -1.79. The lowest BCUT2D eigenvalue weighted by molar-refractivity contribution is -0.163. The van der Waals surface area contributed by atoms with Crippen molar-refractivity contribution in [2.24, 2.45) is 5.16 Å². The molecule has 7 heteroatoms. The summed E-state index contributed by atoms with van der Waals surface area (Å²) in [5.41, 5.74) is 0.666. The van der Waals surface area contributed by atoms with E-state index in [9.17, 15) is 4.79 Å². The van der Waals surface area contributed by atoms with Crippen LogP contribution in [0.25, 0.3) is 0 Å². The van der Waals surface area contributed by atoms with Gasteiger partial charge in [-0.1, -0.05) is 23.7 Å². The molecule has 26 heavy (non-hydrogen) atoms. The summed E-state index contributed by atoms with van der Waals surface area (Å²) in [4.78, 5) is 17.6. The molecule has 1 aromatic carbocycles. The fraction of sp³-hybridized carbons (Fsp3) is 0.579. The molecule has 1 aliphatic rings. The maximum Gasteiger partial charge on any atom is 0.347 e. The highest BCUT2D eigenvalue weighted by Gasteiger charge is 2.30. The Balaban J connectivity index is 2.28. The summed E-state index contributed by atoms with van der Waals surface area (Å²) < 4.78 is 17.1. The summed E-state index contributed by atoms with van der Waals surface area (Å²) >= 11 is 6.16. The van der Waals surface area contributed by atoms with E-state index in [1.165, 1.54) is 0 Å². The van der Waals surface area contributed by atoms with Crippen LogP contribution < -0.4 is 4.74 Å². The zero-order chi connectivity index (χ0) is 19.3. The van der Waals surface area contributed by atoms with Gasteiger partial charge in [0, 0.05) is 17.2 Å². The average Bonchev–Trinajstić information content (AvgIpc) is 3.00. The first kappa shape index (κ1) is 20.5. The monoisotopic (exact) mass is 383 g/mol. The van der Waals surface area contributed by atoms with E-state index in [2.05, 4.69) is 5.16 Å². The van der Waals surface area contributed by atoms with Crippen LogP contribution in [-0.2, 0) is 19.1 Å². The van der Waals surface area contributed by atoms with Crippen molar-refractivity contribution in [3.8, 4) is 5.75 Å². The molecule has 0 aromatic heterocycles. The number of benzene rings is 1. The second kappa shape index (κ2) is 8.73. The van der Waals surface area contributed by atoms with Gasteiger partial charge >= 0.3 is 5.97 Å². The number of halogens is 1. The second-order valence-corrected chi connectivity index (χ2v) is 7.34. The van der Waals surface area contributed by atoms with Crippen molar-refractivity contribution >= 4 is 23.3 Å². The van der Waals surface area contributed by atoms with E-state index in [0.29, 0.717) is 41.7 Å². The molecule has 2 unspecified atom stereocenters. The smallest absolute Gasteiger partial charge is 0.347 e. The molecule has 6 nitrogen and oxygen atoms in total. The van der Waals surface area contributed by atoms with Gasteiger partial charge in [-0.2, -0.15) is 0 Å². The molecular weight excluding hydrogens is 358 g/mol. The molecule has 0 aliphatic carbocycles. The number of hydrogen-bond acceptors (Lipinski definition) is 6. The van der Waals surface area contributed by atoms with Crippen molar-refractivity contribution in [1.29, 1.82) is 0 Å². The van der Waals surface area contributed by atoms with Gasteiger partial charge in [-0.15, -0.1) is 0 Å². The molecule has 0 saturated heterocycles. The number of nitrogens with zero attached hydrogens (tertiary/aromatic N) is 1. The number of rotatable bonds is 7. The van der Waals surface area contributed by atoms with Gasteiger partial charge < -0.3 is 19.0 Å². The highest BCUT2D eigenvalue weighted by atomic mass is 35.5. The standard InChI is InChI=1S/C19H26ClNO5/c1-6-14(18(22)26-19(3,4)5)25-15-9-8-12(20)10-13(15)17-16(23-7-2)11-24-21-17/h8-10,14,16H,6-7,11H2,1-5H3. The summed E-state index contributed by atoms with van der Waals surface area (Å²) in [7, 11) is 0. The number of carbonyl (C=O) groups excluding carboxylic acids is 1. The van der Waals surface area contributed by atoms with Gasteiger partial charge in [-0.25, -0.2) is 4.79 Å². The Labute approximate surface area is 159 Å². The molecule has 0 radical (unpaired) electrons. The van der Waals surface area contributed by atoms with E-state index in [1.807, 2.05) is 34.6 Å². The van der Waals surface area contributed by atoms with Crippen molar-refractivity contribution in [3.63, 3.8) is 0 Å². The van der Waals surface area contributed by atoms with Crippen molar-refractivity contribution in [2.45, 2.75) is 58.8 Å². The van der Waals surface area contributed by atoms with Crippen LogP contribution in [-0.4, -0.2) is 42.7 Å². The molecule has 0 fully saturated rings. The Bertz CT molecular complexity index is 668. The van der Waals surface area contributed by atoms with E-state index in [1.54, 1.807) is 18.2 Å². The van der Waals surface area contributed by atoms with Gasteiger partial charge in [-0.05, 0) is 52.3 Å². The molecule has 0 spiro atoms. The maximum atomic E-state index is 12.4. The Morgan fingerprint density at radius 3 is 2.73 bits per heavy atom. The lowest BCUT2D eigenvalue weighted by Gasteiger charge is -2.25. The van der Waals surface area contributed by atoms with Gasteiger partial charge in [-0.3, -0.25) is 0 Å². The molecule has 0 N–H and O–H groups in total. The second-order valence-electron chi connectivity index (χ2n) is 6.90. The first-order valence-corrected chi connectivity index (χ1v) is 9.13. The normalized spacial score (nSPS) is 18.1. The highest BCUT2D eigenvalue weighted by Crippen LogP contribution is 2.29. The van der Waals surface area contributed by atoms with Gasteiger partial charge in [0.2, 0.25) is 0 Å². The van der Waals surface area contributed by atoms with Gasteiger partial charge in [0.25, 0.3) is 0 Å². The fourth-order valence-electron chi connectivity index (χ4n) is 2.49. The molecular formula is C19H26ClNO5. The molecule has 2 atom stereocenters. The Morgan fingerprint density at radius 2 is 2.12 bits per heavy atom. The molecule has 0 bridgehead atoms. The van der Waals surface area contributed by atoms with Crippen LogP contribution in [0.4, 0.5) is 0 Å². The first-order chi connectivity index (χ1) is 12.2. The summed E-state index contributed by atoms with van der Waals surface area (Å²) in [6, 6.07) is 5.15. The lowest BCUT2D eigenvalue weighted by atomic mass is 10.0. The fourth-order valence-corrected chi connectivity index (χ4v) is 2.66. The van der Waals surface area contributed by atoms with Crippen LogP contribution >= 0.6 is 11.6 Å². The summed E-state index contributed by atoms with van der Waals surface area (Å²) in [6.45, 7) is 10.1. The Morgan fingerprint density at radius 1 is 1.38 bits per heavy atom. The van der Waals surface area contributed by atoms with Crippen LogP contribution in [0.3, 0.4) is 0 Å². The first-order valence-electron chi connectivity index (χ1n) is 8.76. The summed E-state index contributed by atoms with van der Waals surface area (Å²) in [5, 5.41) is 4.61. The molecule has 2 rings (SSSR count). The molecule has 0 amide bonds. The summed E-state index contributed by atoms with van der Waals surface area (Å²) in [6.07, 6.45) is -0.570. The SMILES string of the molecule is CCOC1CON=C1c1cc(Cl)ccc1OC(CC)C(=O)OC(C)(C)C. The van der Waals surface area contributed by atoms with Crippen molar-refractivity contribution in [3.05, 3.63) is 28.8 Å². The van der Waals surface area contributed by atoms with E-state index in [0.717, 1.165) is 0 Å². The maximum absolute atomic E-state index is 12.4. The van der Waals surface area contributed by atoms with E-state index in [4.69, 9.17) is 30.6 Å². The molecule has 1 aliphatic heterocycles. The van der Waals surface area contributed by atoms with Gasteiger partial charge in [0.15, 0.2) is 6.10 Å². The van der Waals surface area contributed by atoms with Crippen molar-refractivity contribution < 1.29 is 23.8 Å². The minimum absolute atomic E-state index is 0.303. The zero-order valence-electron chi connectivity index (χ0n) is 15.9. The highest BCUT2D eigenvalue weighted by molar-refractivity contribution is 6.31. The molecule has 1 aromatic rings. The average molecular weight is 384 g/mol. The van der Waals surface area contributed by atoms with Crippen LogP contribution in [0, 0.1) is 0 Å². The molecule has 144 valence electrons. The number of ether oxygens (including phenoxy) is 3. The minimum Gasteiger partial charge on any atom is -0.478 e. The van der Waals surface area contributed by atoms with E-state index < -0.39 is 17.7 Å². The molecule has 1 heterocycles. The summed E-state index contributed by atoms with van der Waals surface area (Å²) in [5.74, 6) is 0.0768. The van der Waals surface area contributed by atoms with Gasteiger partial charge in [0.05, 0.1) is 0 Å². The van der Waals surface area contributed by atoms with Crippen molar-refractivity contribution in [1.82, 2.24) is 0 Å². The third kappa shape index (κ3) is 5.35. The molecule has 0 saturated carbocycles. The topological polar surface area (TPSA) is 66.3 Å². The quantitative estimate of drug-likeness (QED) is 0.666. The van der Waals surface area contributed by atoms with E-state index in [-0.39, 0.29) is 6.10 Å². The van der Waals surface area contributed by atoms with Crippen LogP contribution in [0.2, 0.25) is 5.02 Å². The van der Waals surface area contributed by atoms with E-state index >= 15 is 0 Å². The van der Waals surface area contributed by atoms with Crippen LogP contribution in [0.15, 0.2) is 23.4 Å². The van der Waals surface area contributed by atoms with Gasteiger partial charge in [0.1, 0.15) is 29.8 Å². The predicted octanol–water partition coefficient (Wildman–Crippen LogP) is 3.98. The third-order valence-electron chi connectivity index (χ3n) is 3.59. The number of carbonyl (C=O) groups is 1. The third-order valence-corrected chi connectivity index (χ3v) is 3.82. The predicted molar refractivity (Wildman–Crippen MR) is 99.9 cm³/mol. The lowest BCUT2D eigenvalue weighted by Crippen LogP contribution is -2.35. The largest absolute Gasteiger partial charge is 0.478 e. The minimum atomic E-state index is -0.734. The number of hydrogen-bond donors (Lipinski definition) is 0. The zero-order valence-corrected chi connectivity index (χ0v) is 16.6. The van der Waals surface area contributed by atoms with Crippen LogP contribution in [0.5, 0.6) is 5.75 Å². The number of oxime groups is 1. The van der Waals surface area contributed by atoms with Crippen molar-refractivity contribution in [2.75, 3.05) is 13.2 Å².